The minimum absolute atomic E-state index is 0.0183. The van der Waals surface area contributed by atoms with E-state index in [1.807, 2.05) is 37.3 Å². The third-order valence-electron chi connectivity index (χ3n) is 4.41. The van der Waals surface area contributed by atoms with Gasteiger partial charge in [-0.05, 0) is 61.9 Å². The first-order valence-electron chi connectivity index (χ1n) is 8.27. The van der Waals surface area contributed by atoms with E-state index in [0.717, 1.165) is 12.0 Å². The molecular weight excluding hydrogens is 286 g/mol. The number of fused-ring (bicyclic) bond motifs is 1. The molecule has 1 N–H and O–H groups in total. The third kappa shape index (κ3) is 3.73. The van der Waals surface area contributed by atoms with Crippen molar-refractivity contribution < 1.29 is 9.53 Å². The molecule has 23 heavy (non-hydrogen) atoms. The van der Waals surface area contributed by atoms with Crippen molar-refractivity contribution in [1.29, 1.82) is 0 Å². The van der Waals surface area contributed by atoms with Crippen LogP contribution in [-0.2, 0) is 17.6 Å². The Balaban J connectivity index is 1.60. The van der Waals surface area contributed by atoms with Crippen LogP contribution in [0, 0.1) is 0 Å². The highest BCUT2D eigenvalue weighted by Crippen LogP contribution is 2.25. The van der Waals surface area contributed by atoms with Gasteiger partial charge in [0.25, 0.3) is 5.91 Å². The van der Waals surface area contributed by atoms with E-state index >= 15 is 0 Å². The molecule has 0 unspecified atom stereocenters. The second-order valence-electron chi connectivity index (χ2n) is 6.19. The summed E-state index contributed by atoms with van der Waals surface area (Å²) in [5, 5.41) is 3.04. The fraction of sp³-hybridized carbons (Fsp3) is 0.350. The molecule has 0 radical (unpaired) electrons. The largest absolute Gasteiger partial charge is 0.481 e. The average Bonchev–Trinajstić information content (AvgIpc) is 3.03. The van der Waals surface area contributed by atoms with Crippen molar-refractivity contribution in [3.8, 4) is 5.75 Å². The Morgan fingerprint density at radius 3 is 2.57 bits per heavy atom. The zero-order valence-corrected chi connectivity index (χ0v) is 13.7. The maximum absolute atomic E-state index is 12.3. The molecule has 3 heteroatoms. The highest BCUT2D eigenvalue weighted by molar-refractivity contribution is 5.81. The molecule has 0 aromatic heterocycles. The summed E-state index contributed by atoms with van der Waals surface area (Å²) >= 11 is 0. The maximum atomic E-state index is 12.3. The van der Waals surface area contributed by atoms with E-state index in [2.05, 4.69) is 23.5 Å². The summed E-state index contributed by atoms with van der Waals surface area (Å²) in [6.45, 7) is 3.79. The van der Waals surface area contributed by atoms with Gasteiger partial charge >= 0.3 is 0 Å². The lowest BCUT2D eigenvalue weighted by Gasteiger charge is -2.19. The van der Waals surface area contributed by atoms with Crippen LogP contribution in [0.5, 0.6) is 5.75 Å². The zero-order valence-electron chi connectivity index (χ0n) is 13.7. The highest BCUT2D eigenvalue weighted by Gasteiger charge is 2.19. The number of carbonyl (C=O) groups is 1. The monoisotopic (exact) mass is 309 g/mol. The number of benzene rings is 2. The normalized spacial score (nSPS) is 15.6. The predicted octanol–water partition coefficient (Wildman–Crippen LogP) is 3.82. The van der Waals surface area contributed by atoms with E-state index in [1.54, 1.807) is 6.92 Å². The Hall–Kier alpha value is -2.29. The van der Waals surface area contributed by atoms with Crippen LogP contribution in [0.15, 0.2) is 48.5 Å². The fourth-order valence-corrected chi connectivity index (χ4v) is 3.03. The van der Waals surface area contributed by atoms with Crippen molar-refractivity contribution in [3.05, 3.63) is 65.2 Å². The van der Waals surface area contributed by atoms with Gasteiger partial charge in [-0.25, -0.2) is 0 Å². The van der Waals surface area contributed by atoms with Crippen LogP contribution in [0.1, 0.15) is 43.0 Å². The van der Waals surface area contributed by atoms with Crippen LogP contribution in [0.3, 0.4) is 0 Å². The first-order chi connectivity index (χ1) is 11.1. The number of hydrogen-bond acceptors (Lipinski definition) is 2. The van der Waals surface area contributed by atoms with Crippen LogP contribution < -0.4 is 10.1 Å². The molecule has 3 nitrogen and oxygen atoms in total. The molecule has 0 fully saturated rings. The number of para-hydroxylation sites is 1. The number of rotatable bonds is 5. The van der Waals surface area contributed by atoms with Crippen molar-refractivity contribution >= 4 is 5.91 Å². The van der Waals surface area contributed by atoms with E-state index in [-0.39, 0.29) is 11.9 Å². The summed E-state index contributed by atoms with van der Waals surface area (Å²) in [5.74, 6) is 0.613. The van der Waals surface area contributed by atoms with Gasteiger partial charge in [0.05, 0.1) is 6.04 Å². The molecule has 0 saturated carbocycles. The van der Waals surface area contributed by atoms with Gasteiger partial charge in [-0.15, -0.1) is 0 Å². The Labute approximate surface area is 137 Å². The van der Waals surface area contributed by atoms with Gasteiger partial charge < -0.3 is 10.1 Å². The number of aryl methyl sites for hydroxylation is 2. The smallest absolute Gasteiger partial charge is 0.261 e. The average molecular weight is 309 g/mol. The molecule has 1 aliphatic rings. The molecule has 0 aliphatic heterocycles. The lowest BCUT2D eigenvalue weighted by atomic mass is 10.0. The Morgan fingerprint density at radius 2 is 1.78 bits per heavy atom. The second kappa shape index (κ2) is 6.86. The summed E-state index contributed by atoms with van der Waals surface area (Å²) in [5.41, 5.74) is 4.04. The molecule has 3 rings (SSSR count). The van der Waals surface area contributed by atoms with Gasteiger partial charge in [-0.2, -0.15) is 0 Å². The van der Waals surface area contributed by atoms with E-state index < -0.39 is 6.10 Å². The zero-order chi connectivity index (χ0) is 16.2. The fourth-order valence-electron chi connectivity index (χ4n) is 3.03. The number of nitrogens with one attached hydrogen (secondary N) is 1. The second-order valence-corrected chi connectivity index (χ2v) is 6.19. The minimum atomic E-state index is -0.519. The first-order valence-corrected chi connectivity index (χ1v) is 8.27. The molecule has 2 aromatic carbocycles. The minimum Gasteiger partial charge on any atom is -0.481 e. The van der Waals surface area contributed by atoms with Gasteiger partial charge in [-0.3, -0.25) is 4.79 Å². The highest BCUT2D eigenvalue weighted by atomic mass is 16.5. The van der Waals surface area contributed by atoms with Crippen molar-refractivity contribution in [3.63, 3.8) is 0 Å². The Kier molecular flexibility index (Phi) is 4.65. The molecule has 0 spiro atoms. The molecular formula is C20H23NO2. The van der Waals surface area contributed by atoms with E-state index in [9.17, 15) is 4.79 Å². The molecule has 0 bridgehead atoms. The Morgan fingerprint density at radius 1 is 1.04 bits per heavy atom. The van der Waals surface area contributed by atoms with Gasteiger partial charge in [0, 0.05) is 0 Å². The first kappa shape index (κ1) is 15.6. The maximum Gasteiger partial charge on any atom is 0.261 e. The molecule has 0 saturated heterocycles. The lowest BCUT2D eigenvalue weighted by Crippen LogP contribution is -2.37. The van der Waals surface area contributed by atoms with E-state index in [4.69, 9.17) is 4.74 Å². The molecule has 0 heterocycles. The predicted molar refractivity (Wildman–Crippen MR) is 91.6 cm³/mol. The van der Waals surface area contributed by atoms with Crippen LogP contribution in [-0.4, -0.2) is 12.0 Å². The number of ether oxygens (including phenoxy) is 1. The van der Waals surface area contributed by atoms with Crippen LogP contribution in [0.4, 0.5) is 0 Å². The SMILES string of the molecule is C[C@H](NC(=O)[C@@H](C)Oc1ccccc1)c1ccc2c(c1)CCC2. The van der Waals surface area contributed by atoms with Crippen molar-refractivity contribution in [2.24, 2.45) is 0 Å². The number of carbonyl (C=O) groups excluding carboxylic acids is 1. The number of hydrogen-bond donors (Lipinski definition) is 1. The summed E-state index contributed by atoms with van der Waals surface area (Å²) in [4.78, 5) is 12.3. The van der Waals surface area contributed by atoms with E-state index in [1.165, 1.54) is 24.0 Å². The number of amides is 1. The van der Waals surface area contributed by atoms with Crippen LogP contribution in [0.25, 0.3) is 0 Å². The molecule has 1 aliphatic carbocycles. The van der Waals surface area contributed by atoms with Crippen LogP contribution in [0.2, 0.25) is 0 Å². The topological polar surface area (TPSA) is 38.3 Å². The standard InChI is InChI=1S/C20H23NO2/c1-14(17-12-11-16-7-6-8-18(16)13-17)21-20(22)15(2)23-19-9-4-3-5-10-19/h3-5,9-15H,6-8H2,1-2H3,(H,21,22)/t14-,15+/m0/s1. The van der Waals surface area contributed by atoms with Crippen molar-refractivity contribution in [1.82, 2.24) is 5.32 Å². The summed E-state index contributed by atoms with van der Waals surface area (Å²) < 4.78 is 5.67. The lowest BCUT2D eigenvalue weighted by molar-refractivity contribution is -0.127. The third-order valence-corrected chi connectivity index (χ3v) is 4.41. The molecule has 2 aromatic rings. The van der Waals surface area contributed by atoms with Crippen LogP contribution >= 0.6 is 0 Å². The summed E-state index contributed by atoms with van der Waals surface area (Å²) in [6, 6.07) is 16.0. The molecule has 2 atom stereocenters. The van der Waals surface area contributed by atoms with Gasteiger partial charge in [0.1, 0.15) is 5.75 Å². The van der Waals surface area contributed by atoms with Gasteiger partial charge in [0.15, 0.2) is 6.10 Å². The van der Waals surface area contributed by atoms with Gasteiger partial charge in [0.2, 0.25) is 0 Å². The van der Waals surface area contributed by atoms with Crippen molar-refractivity contribution in [2.75, 3.05) is 0 Å². The Bertz CT molecular complexity index is 681. The molecule has 120 valence electrons. The summed E-state index contributed by atoms with van der Waals surface area (Å²) in [7, 11) is 0. The van der Waals surface area contributed by atoms with Gasteiger partial charge in [-0.1, -0.05) is 36.4 Å². The van der Waals surface area contributed by atoms with Crippen molar-refractivity contribution in [2.45, 2.75) is 45.3 Å². The molecule has 1 amide bonds. The summed E-state index contributed by atoms with van der Waals surface area (Å²) in [6.07, 6.45) is 3.05. The van der Waals surface area contributed by atoms with E-state index in [0.29, 0.717) is 5.75 Å². The quantitative estimate of drug-likeness (QED) is 0.912.